The molecule has 0 fully saturated rings. The smallest absolute Gasteiger partial charge is 0.311 e. The molecule has 6 heavy (non-hydrogen) atoms. The van der Waals surface area contributed by atoms with Gasteiger partial charge < -0.3 is 5.32 Å². The summed E-state index contributed by atoms with van der Waals surface area (Å²) in [5.74, 6) is 0. The minimum Gasteiger partial charge on any atom is -0.311 e. The number of nitrogens with zero attached hydrogens (tertiary/aromatic N) is 1. The highest BCUT2D eigenvalue weighted by Crippen LogP contribution is 1.76. The molecule has 1 N–H and O–H groups in total. The Hall–Kier alpha value is -0.990. The topological polar surface area (TPSA) is 43.2 Å². The zero-order valence-corrected chi connectivity index (χ0v) is 3.01. The molecule has 31 valence electrons. The van der Waals surface area contributed by atoms with E-state index in [-0.39, 0.29) is 6.03 Å². The van der Waals surface area contributed by atoms with Crippen LogP contribution in [0.2, 0.25) is 0 Å². The zero-order chi connectivity index (χ0) is 4.41. The van der Waals surface area contributed by atoms with Crippen LogP contribution < -0.4 is 10.6 Å². The van der Waals surface area contributed by atoms with E-state index in [0.29, 0.717) is 0 Å². The fourth-order valence-corrected chi connectivity index (χ4v) is 0.251. The van der Waals surface area contributed by atoms with Gasteiger partial charge >= 0.3 is 6.03 Å². The van der Waals surface area contributed by atoms with Crippen molar-refractivity contribution in [1.82, 2.24) is 10.6 Å². The third-order valence-electron chi connectivity index (χ3n) is 0.473. The minimum absolute atomic E-state index is 0.282. The first-order valence-electron chi connectivity index (χ1n) is 1.56. The Morgan fingerprint density at radius 3 is 2.83 bits per heavy atom. The average molecular weight is 83.1 g/mol. The standard InChI is InChI=1S/C3H3N2O/c6-3-4-1-2-5-3/h1-2H,(H,4,6). The average Bonchev–Trinajstić information content (AvgIpc) is 1.86. The molecule has 0 aromatic heterocycles. The third kappa shape index (κ3) is 0.337. The van der Waals surface area contributed by atoms with Gasteiger partial charge in [-0.3, -0.25) is 0 Å². The van der Waals surface area contributed by atoms with Crippen molar-refractivity contribution in [1.29, 1.82) is 0 Å². The van der Waals surface area contributed by atoms with Gasteiger partial charge in [-0.1, -0.05) is 0 Å². The van der Waals surface area contributed by atoms with E-state index in [1.807, 2.05) is 0 Å². The van der Waals surface area contributed by atoms with Crippen molar-refractivity contribution in [3.8, 4) is 0 Å². The Labute approximate surface area is 35.0 Å². The highest BCUT2D eigenvalue weighted by atomic mass is 16.2. The van der Waals surface area contributed by atoms with Crippen LogP contribution in [0.25, 0.3) is 0 Å². The highest BCUT2D eigenvalue weighted by molar-refractivity contribution is 5.77. The van der Waals surface area contributed by atoms with Crippen molar-refractivity contribution in [2.24, 2.45) is 0 Å². The molecular formula is C3H3N2O. The van der Waals surface area contributed by atoms with E-state index < -0.39 is 0 Å². The fraction of sp³-hybridized carbons (Fsp3) is 0. The maximum atomic E-state index is 9.90. The minimum atomic E-state index is -0.282. The summed E-state index contributed by atoms with van der Waals surface area (Å²) in [5.41, 5.74) is 0. The lowest BCUT2D eigenvalue weighted by Gasteiger charge is -1.77. The van der Waals surface area contributed by atoms with Crippen LogP contribution >= 0.6 is 0 Å². The Balaban J connectivity index is 2.52. The molecule has 0 aromatic carbocycles. The molecule has 0 aliphatic carbocycles. The molecular weight excluding hydrogens is 80.0 g/mol. The first kappa shape index (κ1) is 3.21. The molecule has 2 amide bonds. The molecule has 0 saturated heterocycles. The van der Waals surface area contributed by atoms with Gasteiger partial charge in [-0.2, -0.15) is 0 Å². The molecule has 0 aromatic rings. The van der Waals surface area contributed by atoms with E-state index in [4.69, 9.17) is 0 Å². The van der Waals surface area contributed by atoms with Gasteiger partial charge in [0.1, 0.15) is 0 Å². The number of carbonyl (C=O) groups excluding carboxylic acids is 1. The number of urea groups is 1. The van der Waals surface area contributed by atoms with Crippen LogP contribution in [-0.2, 0) is 0 Å². The van der Waals surface area contributed by atoms with E-state index >= 15 is 0 Å². The van der Waals surface area contributed by atoms with Gasteiger partial charge in [0.15, 0.2) is 0 Å². The zero-order valence-electron chi connectivity index (χ0n) is 3.01. The lowest BCUT2D eigenvalue weighted by atomic mass is 11.0. The van der Waals surface area contributed by atoms with Gasteiger partial charge in [-0.25, -0.2) is 10.1 Å². The molecule has 1 radical (unpaired) electrons. The molecule has 0 saturated carbocycles. The number of amides is 2. The van der Waals surface area contributed by atoms with Crippen LogP contribution in [0.15, 0.2) is 12.4 Å². The maximum Gasteiger partial charge on any atom is 0.344 e. The predicted octanol–water partition coefficient (Wildman–Crippen LogP) is -0.215. The van der Waals surface area contributed by atoms with Crippen LogP contribution in [0.4, 0.5) is 4.79 Å². The molecule has 1 aliphatic rings. The van der Waals surface area contributed by atoms with Crippen molar-refractivity contribution in [3.63, 3.8) is 0 Å². The van der Waals surface area contributed by atoms with Crippen LogP contribution in [0.5, 0.6) is 0 Å². The first-order valence-corrected chi connectivity index (χ1v) is 1.56. The van der Waals surface area contributed by atoms with Crippen molar-refractivity contribution in [2.75, 3.05) is 0 Å². The molecule has 1 rings (SSSR count). The summed E-state index contributed by atoms with van der Waals surface area (Å²) in [6.45, 7) is 0. The van der Waals surface area contributed by atoms with Crippen molar-refractivity contribution in [3.05, 3.63) is 12.4 Å². The lowest BCUT2D eigenvalue weighted by molar-refractivity contribution is 0.248. The first-order chi connectivity index (χ1) is 2.89. The van der Waals surface area contributed by atoms with Gasteiger partial charge in [0.05, 0.1) is 0 Å². The fourth-order valence-electron chi connectivity index (χ4n) is 0.251. The van der Waals surface area contributed by atoms with Gasteiger partial charge in [-0.05, 0) is 0 Å². The molecule has 0 spiro atoms. The Morgan fingerprint density at radius 1 is 1.83 bits per heavy atom. The summed E-state index contributed by atoms with van der Waals surface area (Å²) in [5, 5.41) is 5.64. The second-order valence-corrected chi connectivity index (χ2v) is 0.894. The Kier molecular flexibility index (Phi) is 0.538. The summed E-state index contributed by atoms with van der Waals surface area (Å²) >= 11 is 0. The van der Waals surface area contributed by atoms with Crippen molar-refractivity contribution in [2.45, 2.75) is 0 Å². The van der Waals surface area contributed by atoms with Crippen molar-refractivity contribution >= 4 is 6.03 Å². The summed E-state index contributed by atoms with van der Waals surface area (Å²) in [4.78, 5) is 9.90. The number of nitrogens with one attached hydrogen (secondary N) is 1. The molecule has 0 bridgehead atoms. The Bertz CT molecular complexity index is 87.0. The quantitative estimate of drug-likeness (QED) is 0.432. The SMILES string of the molecule is O=C1[N]C=CN1. The summed E-state index contributed by atoms with van der Waals surface area (Å²) in [6, 6.07) is -0.282. The largest absolute Gasteiger partial charge is 0.344 e. The summed E-state index contributed by atoms with van der Waals surface area (Å²) in [6.07, 6.45) is 2.91. The second kappa shape index (κ2) is 1.01. The summed E-state index contributed by atoms with van der Waals surface area (Å²) < 4.78 is 0. The van der Waals surface area contributed by atoms with E-state index in [1.54, 1.807) is 0 Å². The van der Waals surface area contributed by atoms with Gasteiger partial charge in [0.25, 0.3) is 0 Å². The summed E-state index contributed by atoms with van der Waals surface area (Å²) in [7, 11) is 0. The van der Waals surface area contributed by atoms with Gasteiger partial charge in [0, 0.05) is 12.4 Å². The molecule has 1 heterocycles. The molecule has 3 nitrogen and oxygen atoms in total. The van der Waals surface area contributed by atoms with Gasteiger partial charge in [0.2, 0.25) is 0 Å². The van der Waals surface area contributed by atoms with Crippen LogP contribution in [0, 0.1) is 0 Å². The molecule has 1 aliphatic heterocycles. The van der Waals surface area contributed by atoms with Crippen molar-refractivity contribution < 1.29 is 4.79 Å². The van der Waals surface area contributed by atoms with Crippen LogP contribution in [0.3, 0.4) is 0 Å². The van der Waals surface area contributed by atoms with Crippen LogP contribution in [0.1, 0.15) is 0 Å². The lowest BCUT2D eigenvalue weighted by Crippen LogP contribution is -2.14. The molecule has 0 atom stereocenters. The van der Waals surface area contributed by atoms with E-state index in [2.05, 4.69) is 10.6 Å². The van der Waals surface area contributed by atoms with Gasteiger partial charge in [-0.15, -0.1) is 0 Å². The number of hydrogen-bond acceptors (Lipinski definition) is 1. The number of hydrogen-bond donors (Lipinski definition) is 1. The van der Waals surface area contributed by atoms with E-state index in [0.717, 1.165) is 0 Å². The molecule has 0 unspecified atom stereocenters. The highest BCUT2D eigenvalue weighted by Gasteiger charge is 1.98. The monoisotopic (exact) mass is 83.0 g/mol. The maximum absolute atomic E-state index is 9.90. The second-order valence-electron chi connectivity index (χ2n) is 0.894. The van der Waals surface area contributed by atoms with E-state index in [9.17, 15) is 4.79 Å². The third-order valence-corrected chi connectivity index (χ3v) is 0.473. The predicted molar refractivity (Wildman–Crippen MR) is 19.8 cm³/mol. The van der Waals surface area contributed by atoms with Crippen LogP contribution in [-0.4, -0.2) is 6.03 Å². The number of rotatable bonds is 0. The number of carbonyl (C=O) groups is 1. The molecule has 3 heteroatoms. The van der Waals surface area contributed by atoms with E-state index in [1.165, 1.54) is 12.4 Å². The Morgan fingerprint density at radius 2 is 2.67 bits per heavy atom. The normalized spacial score (nSPS) is 17.0.